The van der Waals surface area contributed by atoms with Crippen LogP contribution in [0.3, 0.4) is 0 Å². The van der Waals surface area contributed by atoms with E-state index in [1.165, 1.54) is 5.56 Å². The maximum atomic E-state index is 4.74. The average Bonchev–Trinajstić information content (AvgIpc) is 3.26. The van der Waals surface area contributed by atoms with Gasteiger partial charge in [-0.15, -0.1) is 24.0 Å². The van der Waals surface area contributed by atoms with Gasteiger partial charge in [0.05, 0.1) is 6.54 Å². The fourth-order valence-electron chi connectivity index (χ4n) is 3.36. The second-order valence-electron chi connectivity index (χ2n) is 6.99. The molecular formula is C21H34IN7. The van der Waals surface area contributed by atoms with Gasteiger partial charge in [-0.2, -0.15) is 0 Å². The summed E-state index contributed by atoms with van der Waals surface area (Å²) in [4.78, 5) is 14.2. The molecule has 2 aromatic heterocycles. The molecule has 0 atom stereocenters. The summed E-state index contributed by atoms with van der Waals surface area (Å²) in [6.07, 6.45) is 6.05. The minimum Gasteiger partial charge on any atom is -0.357 e. The minimum atomic E-state index is 0. The largest absolute Gasteiger partial charge is 0.357 e. The number of hydrogen-bond donors (Lipinski definition) is 2. The van der Waals surface area contributed by atoms with Crippen LogP contribution in [0.25, 0.3) is 0 Å². The Kier molecular flexibility index (Phi) is 10.3. The van der Waals surface area contributed by atoms with Crippen LogP contribution in [0.1, 0.15) is 19.4 Å². The molecule has 1 aliphatic rings. The van der Waals surface area contributed by atoms with Gasteiger partial charge in [-0.05, 0) is 43.3 Å². The number of anilines is 1. The zero-order valence-electron chi connectivity index (χ0n) is 17.5. The van der Waals surface area contributed by atoms with E-state index in [2.05, 4.69) is 68.4 Å². The Morgan fingerprint density at radius 1 is 1.10 bits per heavy atom. The van der Waals surface area contributed by atoms with Crippen molar-refractivity contribution < 1.29 is 0 Å². The quantitative estimate of drug-likeness (QED) is 0.324. The zero-order valence-corrected chi connectivity index (χ0v) is 19.9. The van der Waals surface area contributed by atoms with Crippen molar-refractivity contribution in [3.05, 3.63) is 48.4 Å². The Morgan fingerprint density at radius 3 is 2.55 bits per heavy atom. The Hall–Kier alpha value is -1.81. The van der Waals surface area contributed by atoms with Crippen LogP contribution in [0.4, 0.5) is 5.82 Å². The molecular weight excluding hydrogens is 477 g/mol. The highest BCUT2D eigenvalue weighted by molar-refractivity contribution is 14.0. The summed E-state index contributed by atoms with van der Waals surface area (Å²) in [5, 5.41) is 6.73. The third-order valence-corrected chi connectivity index (χ3v) is 5.05. The van der Waals surface area contributed by atoms with Gasteiger partial charge in [0.15, 0.2) is 5.96 Å². The number of nitrogens with zero attached hydrogens (tertiary/aromatic N) is 5. The summed E-state index contributed by atoms with van der Waals surface area (Å²) in [7, 11) is 0. The highest BCUT2D eigenvalue weighted by atomic mass is 127. The summed E-state index contributed by atoms with van der Waals surface area (Å²) in [5.41, 5.74) is 1.19. The van der Waals surface area contributed by atoms with E-state index in [0.717, 1.165) is 64.1 Å². The van der Waals surface area contributed by atoms with Crippen LogP contribution in [0.2, 0.25) is 0 Å². The van der Waals surface area contributed by atoms with Crippen LogP contribution in [-0.4, -0.2) is 66.2 Å². The zero-order chi connectivity index (χ0) is 19.6. The van der Waals surface area contributed by atoms with Crippen molar-refractivity contribution in [1.82, 2.24) is 25.1 Å². The maximum Gasteiger partial charge on any atom is 0.191 e. The number of hydrogen-bond acceptors (Lipinski definition) is 4. The molecule has 0 saturated carbocycles. The number of guanidine groups is 1. The fourth-order valence-corrected chi connectivity index (χ4v) is 3.36. The molecule has 8 heteroatoms. The van der Waals surface area contributed by atoms with Gasteiger partial charge >= 0.3 is 0 Å². The molecule has 0 aliphatic carbocycles. The van der Waals surface area contributed by atoms with Gasteiger partial charge in [-0.3, -0.25) is 0 Å². The van der Waals surface area contributed by atoms with Crippen molar-refractivity contribution >= 4 is 35.8 Å². The van der Waals surface area contributed by atoms with Gasteiger partial charge in [0.2, 0.25) is 0 Å². The van der Waals surface area contributed by atoms with Crippen molar-refractivity contribution in [3.63, 3.8) is 0 Å². The van der Waals surface area contributed by atoms with E-state index in [9.17, 15) is 0 Å². The summed E-state index contributed by atoms with van der Waals surface area (Å²) >= 11 is 0. The van der Waals surface area contributed by atoms with Crippen molar-refractivity contribution in [2.24, 2.45) is 4.99 Å². The van der Waals surface area contributed by atoms with Crippen LogP contribution in [0.15, 0.2) is 47.8 Å². The minimum absolute atomic E-state index is 0. The Balaban J connectivity index is 0.00000300. The molecule has 0 amide bonds. The van der Waals surface area contributed by atoms with E-state index in [-0.39, 0.29) is 24.0 Å². The Bertz CT molecular complexity index is 724. The number of likely N-dealkylation sites (N-methyl/N-ethyl adjacent to an activating group) is 1. The van der Waals surface area contributed by atoms with E-state index in [4.69, 9.17) is 4.99 Å². The van der Waals surface area contributed by atoms with Crippen molar-refractivity contribution in [1.29, 1.82) is 0 Å². The number of halogens is 1. The molecule has 0 radical (unpaired) electrons. The first-order valence-electron chi connectivity index (χ1n) is 10.3. The number of aromatic nitrogens is 2. The lowest BCUT2D eigenvalue weighted by atomic mass is 10.2. The number of aliphatic imine (C=N–C) groups is 1. The molecule has 1 aliphatic heterocycles. The maximum absolute atomic E-state index is 4.74. The first-order chi connectivity index (χ1) is 13.8. The molecule has 2 N–H and O–H groups in total. The number of rotatable bonds is 8. The molecule has 7 nitrogen and oxygen atoms in total. The topological polar surface area (TPSA) is 60.7 Å². The van der Waals surface area contributed by atoms with Gasteiger partial charge < -0.3 is 25.0 Å². The normalized spacial score (nSPS) is 15.1. The second kappa shape index (κ2) is 12.7. The molecule has 0 bridgehead atoms. The molecule has 1 fully saturated rings. The first-order valence-corrected chi connectivity index (χ1v) is 10.3. The summed E-state index contributed by atoms with van der Waals surface area (Å²) < 4.78 is 2.16. The smallest absolute Gasteiger partial charge is 0.191 e. The monoisotopic (exact) mass is 511 g/mol. The van der Waals surface area contributed by atoms with Crippen LogP contribution >= 0.6 is 24.0 Å². The predicted molar refractivity (Wildman–Crippen MR) is 131 cm³/mol. The molecule has 29 heavy (non-hydrogen) atoms. The molecule has 160 valence electrons. The Labute approximate surface area is 191 Å². The number of piperazine rings is 1. The molecule has 3 heterocycles. The van der Waals surface area contributed by atoms with E-state index in [0.29, 0.717) is 6.54 Å². The van der Waals surface area contributed by atoms with Crippen LogP contribution in [0.5, 0.6) is 0 Å². The van der Waals surface area contributed by atoms with E-state index >= 15 is 0 Å². The molecule has 0 spiro atoms. The van der Waals surface area contributed by atoms with Gasteiger partial charge in [0, 0.05) is 64.4 Å². The van der Waals surface area contributed by atoms with Gasteiger partial charge in [-0.25, -0.2) is 9.98 Å². The Morgan fingerprint density at radius 2 is 1.86 bits per heavy atom. The number of pyridine rings is 1. The second-order valence-corrected chi connectivity index (χ2v) is 6.99. The van der Waals surface area contributed by atoms with E-state index in [1.807, 2.05) is 18.3 Å². The summed E-state index contributed by atoms with van der Waals surface area (Å²) in [6.45, 7) is 13.0. The van der Waals surface area contributed by atoms with Crippen LogP contribution in [-0.2, 0) is 13.1 Å². The molecule has 0 unspecified atom stereocenters. The van der Waals surface area contributed by atoms with Crippen LogP contribution in [0, 0.1) is 0 Å². The van der Waals surface area contributed by atoms with Crippen molar-refractivity contribution in [2.45, 2.75) is 26.9 Å². The lowest BCUT2D eigenvalue weighted by Crippen LogP contribution is -2.46. The van der Waals surface area contributed by atoms with Crippen molar-refractivity contribution in [2.75, 3.05) is 50.7 Å². The van der Waals surface area contributed by atoms with Crippen molar-refractivity contribution in [3.8, 4) is 0 Å². The lowest BCUT2D eigenvalue weighted by Gasteiger charge is -2.34. The van der Waals surface area contributed by atoms with Gasteiger partial charge in [0.25, 0.3) is 0 Å². The first kappa shape index (κ1) is 23.5. The standard InChI is InChI=1S/C21H33N7.HI/c1-3-22-21(24-9-12-27-10-5-6-11-27)25-18-19-7-8-23-20(17-19)28-15-13-26(4-2)14-16-28;/h5-8,10-11,17H,3-4,9,12-16,18H2,1-2H3,(H2,22,24,25);1H. The van der Waals surface area contributed by atoms with Gasteiger partial charge in [-0.1, -0.05) is 6.92 Å². The molecule has 0 aromatic carbocycles. The average molecular weight is 511 g/mol. The SMILES string of the molecule is CCNC(=NCc1ccnc(N2CCN(CC)CC2)c1)NCCn1cccc1.I. The summed E-state index contributed by atoms with van der Waals surface area (Å²) in [5.74, 6) is 1.92. The van der Waals surface area contributed by atoms with E-state index < -0.39 is 0 Å². The predicted octanol–water partition coefficient (Wildman–Crippen LogP) is 2.40. The van der Waals surface area contributed by atoms with Gasteiger partial charge in [0.1, 0.15) is 5.82 Å². The molecule has 2 aromatic rings. The van der Waals surface area contributed by atoms with Crippen LogP contribution < -0.4 is 15.5 Å². The van der Waals surface area contributed by atoms with E-state index in [1.54, 1.807) is 0 Å². The lowest BCUT2D eigenvalue weighted by molar-refractivity contribution is 0.270. The number of nitrogens with one attached hydrogen (secondary N) is 2. The molecule has 1 saturated heterocycles. The third kappa shape index (κ3) is 7.50. The molecule has 3 rings (SSSR count). The fraction of sp³-hybridized carbons (Fsp3) is 0.524. The highest BCUT2D eigenvalue weighted by Crippen LogP contribution is 2.15. The third-order valence-electron chi connectivity index (χ3n) is 5.05. The highest BCUT2D eigenvalue weighted by Gasteiger charge is 2.16. The summed E-state index contributed by atoms with van der Waals surface area (Å²) in [6, 6.07) is 8.32.